The molecule has 4 rings (SSSR count). The molecule has 3 aromatic rings. The lowest BCUT2D eigenvalue weighted by Gasteiger charge is -2.18. The molecule has 2 aromatic carbocycles. The van der Waals surface area contributed by atoms with Gasteiger partial charge in [0, 0.05) is 34.3 Å². The molecule has 0 spiro atoms. The van der Waals surface area contributed by atoms with E-state index in [2.05, 4.69) is 26.1 Å². The SMILES string of the molecule is Cc1c(F)cccc1N1CC(c2nc(-c3cccc(Br)c3)no2)CC1=O. The number of nitrogens with zero attached hydrogens (tertiary/aromatic N) is 3. The predicted molar refractivity (Wildman–Crippen MR) is 98.3 cm³/mol. The monoisotopic (exact) mass is 415 g/mol. The van der Waals surface area contributed by atoms with E-state index in [9.17, 15) is 9.18 Å². The first-order chi connectivity index (χ1) is 12.5. The van der Waals surface area contributed by atoms with Crippen LogP contribution in [-0.2, 0) is 4.79 Å². The summed E-state index contributed by atoms with van der Waals surface area (Å²) in [4.78, 5) is 18.5. The van der Waals surface area contributed by atoms with E-state index < -0.39 is 0 Å². The van der Waals surface area contributed by atoms with Crippen molar-refractivity contribution in [3.05, 3.63) is 64.2 Å². The van der Waals surface area contributed by atoms with Crippen LogP contribution >= 0.6 is 15.9 Å². The van der Waals surface area contributed by atoms with Crippen LogP contribution in [-0.4, -0.2) is 22.6 Å². The lowest BCUT2D eigenvalue weighted by atomic mass is 10.1. The lowest BCUT2D eigenvalue weighted by molar-refractivity contribution is -0.117. The summed E-state index contributed by atoms with van der Waals surface area (Å²) in [6.07, 6.45) is 0.260. The molecule has 1 aromatic heterocycles. The van der Waals surface area contributed by atoms with Gasteiger partial charge < -0.3 is 9.42 Å². The van der Waals surface area contributed by atoms with Crippen LogP contribution < -0.4 is 4.90 Å². The molecule has 1 amide bonds. The van der Waals surface area contributed by atoms with Crippen LogP contribution in [0.25, 0.3) is 11.4 Å². The third-order valence-corrected chi connectivity index (χ3v) is 5.02. The largest absolute Gasteiger partial charge is 0.339 e. The molecule has 0 saturated carbocycles. The van der Waals surface area contributed by atoms with Crippen LogP contribution in [0, 0.1) is 12.7 Å². The summed E-state index contributed by atoms with van der Waals surface area (Å²) in [5.74, 6) is 0.289. The molecule has 26 heavy (non-hydrogen) atoms. The maximum absolute atomic E-state index is 13.8. The van der Waals surface area contributed by atoms with Gasteiger partial charge in [-0.15, -0.1) is 0 Å². The van der Waals surface area contributed by atoms with Gasteiger partial charge in [0.05, 0.1) is 5.92 Å². The van der Waals surface area contributed by atoms with Crippen LogP contribution in [0.4, 0.5) is 10.1 Å². The molecule has 7 heteroatoms. The Balaban J connectivity index is 1.59. The Hall–Kier alpha value is -2.54. The molecule has 0 N–H and O–H groups in total. The highest BCUT2D eigenvalue weighted by Crippen LogP contribution is 2.34. The topological polar surface area (TPSA) is 59.2 Å². The molecular weight excluding hydrogens is 401 g/mol. The summed E-state index contributed by atoms with van der Waals surface area (Å²) in [5, 5.41) is 4.03. The summed E-state index contributed by atoms with van der Waals surface area (Å²) in [5.41, 5.74) is 1.88. The van der Waals surface area contributed by atoms with Crippen LogP contribution in [0.15, 0.2) is 51.5 Å². The van der Waals surface area contributed by atoms with Crippen molar-refractivity contribution in [3.8, 4) is 11.4 Å². The van der Waals surface area contributed by atoms with Crippen molar-refractivity contribution >= 4 is 27.5 Å². The number of anilines is 1. The summed E-state index contributed by atoms with van der Waals surface area (Å²) in [7, 11) is 0. The number of halogens is 2. The Morgan fingerprint density at radius 1 is 1.27 bits per heavy atom. The second kappa shape index (κ2) is 6.64. The van der Waals surface area contributed by atoms with Crippen molar-refractivity contribution in [2.45, 2.75) is 19.3 Å². The standard InChI is InChI=1S/C19H15BrFN3O2/c1-11-15(21)6-3-7-16(11)24-10-13(9-17(24)25)19-22-18(23-26-19)12-4-2-5-14(20)8-12/h2-8,13H,9-10H2,1H3. The van der Waals surface area contributed by atoms with Crippen molar-refractivity contribution in [1.29, 1.82) is 0 Å². The number of benzene rings is 2. The molecule has 0 aliphatic carbocycles. The molecule has 1 aliphatic heterocycles. The Bertz CT molecular complexity index is 988. The zero-order valence-corrected chi connectivity index (χ0v) is 15.5. The second-order valence-electron chi connectivity index (χ2n) is 6.26. The molecule has 2 heterocycles. The van der Waals surface area contributed by atoms with Crippen LogP contribution in [0.1, 0.15) is 23.8 Å². The van der Waals surface area contributed by atoms with Crippen molar-refractivity contribution in [1.82, 2.24) is 10.1 Å². The molecule has 132 valence electrons. The van der Waals surface area contributed by atoms with Gasteiger partial charge in [-0.05, 0) is 31.2 Å². The third-order valence-electron chi connectivity index (χ3n) is 4.53. The zero-order valence-electron chi connectivity index (χ0n) is 13.9. The van der Waals surface area contributed by atoms with Crippen molar-refractivity contribution in [2.75, 3.05) is 11.4 Å². The number of hydrogen-bond acceptors (Lipinski definition) is 4. The summed E-state index contributed by atoms with van der Waals surface area (Å²) < 4.78 is 20.1. The highest BCUT2D eigenvalue weighted by atomic mass is 79.9. The van der Waals surface area contributed by atoms with E-state index in [1.54, 1.807) is 24.0 Å². The van der Waals surface area contributed by atoms with E-state index in [0.29, 0.717) is 29.5 Å². The quantitative estimate of drug-likeness (QED) is 0.633. The molecule has 1 saturated heterocycles. The van der Waals surface area contributed by atoms with Crippen LogP contribution in [0.3, 0.4) is 0 Å². The Labute approximate surface area is 158 Å². The fourth-order valence-corrected chi connectivity index (χ4v) is 3.54. The number of hydrogen-bond donors (Lipinski definition) is 0. The Kier molecular flexibility index (Phi) is 4.32. The van der Waals surface area contributed by atoms with Crippen molar-refractivity contribution in [2.24, 2.45) is 0 Å². The van der Waals surface area contributed by atoms with E-state index in [1.807, 2.05) is 24.3 Å². The smallest absolute Gasteiger partial charge is 0.232 e. The summed E-state index contributed by atoms with van der Waals surface area (Å²) in [6.45, 7) is 2.06. The molecule has 5 nitrogen and oxygen atoms in total. The first-order valence-corrected chi connectivity index (χ1v) is 8.97. The molecule has 0 bridgehead atoms. The number of rotatable bonds is 3. The van der Waals surface area contributed by atoms with Crippen molar-refractivity contribution < 1.29 is 13.7 Å². The van der Waals surface area contributed by atoms with Gasteiger partial charge >= 0.3 is 0 Å². The van der Waals surface area contributed by atoms with Crippen LogP contribution in [0.5, 0.6) is 0 Å². The second-order valence-corrected chi connectivity index (χ2v) is 7.17. The van der Waals surface area contributed by atoms with Gasteiger partial charge in [-0.2, -0.15) is 4.98 Å². The minimum absolute atomic E-state index is 0.0779. The van der Waals surface area contributed by atoms with Crippen LogP contribution in [0.2, 0.25) is 0 Å². The Morgan fingerprint density at radius 3 is 2.88 bits per heavy atom. The van der Waals surface area contributed by atoms with Gasteiger partial charge in [0.1, 0.15) is 5.82 Å². The molecule has 0 radical (unpaired) electrons. The lowest BCUT2D eigenvalue weighted by Crippen LogP contribution is -2.25. The maximum atomic E-state index is 13.8. The van der Waals surface area contributed by atoms with Crippen molar-refractivity contribution in [3.63, 3.8) is 0 Å². The van der Waals surface area contributed by atoms with Gasteiger partial charge in [0.25, 0.3) is 0 Å². The van der Waals surface area contributed by atoms with E-state index in [4.69, 9.17) is 4.52 Å². The third kappa shape index (κ3) is 3.03. The van der Waals surface area contributed by atoms with E-state index in [1.165, 1.54) is 6.07 Å². The van der Waals surface area contributed by atoms with Gasteiger partial charge in [-0.25, -0.2) is 4.39 Å². The number of carbonyl (C=O) groups excluding carboxylic acids is 1. The average Bonchev–Trinajstić information content (AvgIpc) is 3.24. The number of amides is 1. The summed E-state index contributed by atoms with van der Waals surface area (Å²) >= 11 is 3.42. The molecule has 1 unspecified atom stereocenters. The number of aromatic nitrogens is 2. The van der Waals surface area contributed by atoms with Gasteiger partial charge in [0.15, 0.2) is 0 Å². The highest BCUT2D eigenvalue weighted by molar-refractivity contribution is 9.10. The Morgan fingerprint density at radius 2 is 2.08 bits per heavy atom. The average molecular weight is 416 g/mol. The van der Waals surface area contributed by atoms with E-state index in [-0.39, 0.29) is 24.1 Å². The van der Waals surface area contributed by atoms with Gasteiger partial charge in [0.2, 0.25) is 17.6 Å². The zero-order chi connectivity index (χ0) is 18.3. The van der Waals surface area contributed by atoms with Gasteiger partial charge in [-0.3, -0.25) is 4.79 Å². The first kappa shape index (κ1) is 16.9. The molecular formula is C19H15BrFN3O2. The van der Waals surface area contributed by atoms with Gasteiger partial charge in [-0.1, -0.05) is 39.3 Å². The minimum Gasteiger partial charge on any atom is -0.339 e. The maximum Gasteiger partial charge on any atom is 0.232 e. The van der Waals surface area contributed by atoms with E-state index >= 15 is 0 Å². The normalized spacial score (nSPS) is 17.1. The first-order valence-electron chi connectivity index (χ1n) is 8.18. The summed E-state index contributed by atoms with van der Waals surface area (Å²) in [6, 6.07) is 12.3. The minimum atomic E-state index is -0.325. The fraction of sp³-hybridized carbons (Fsp3) is 0.211. The molecule has 1 aliphatic rings. The molecule has 1 atom stereocenters. The fourth-order valence-electron chi connectivity index (χ4n) is 3.14. The predicted octanol–water partition coefficient (Wildman–Crippen LogP) is 4.47. The van der Waals surface area contributed by atoms with E-state index in [0.717, 1.165) is 10.0 Å². The number of carbonyl (C=O) groups is 1. The molecule has 1 fully saturated rings. The highest BCUT2D eigenvalue weighted by Gasteiger charge is 2.36.